The molecule has 2 saturated heterocycles. The van der Waals surface area contributed by atoms with Crippen LogP contribution < -0.4 is 11.1 Å². The van der Waals surface area contributed by atoms with E-state index in [-0.39, 0.29) is 41.3 Å². The van der Waals surface area contributed by atoms with Gasteiger partial charge in [-0.3, -0.25) is 14.4 Å². The quantitative estimate of drug-likeness (QED) is 0.140. The van der Waals surface area contributed by atoms with Gasteiger partial charge < -0.3 is 39.7 Å². The highest BCUT2D eigenvalue weighted by molar-refractivity contribution is 8.00. The fraction of sp³-hybridized carbons (Fsp3) is 0.556. The Labute approximate surface area is 202 Å². The molecule has 3 heterocycles. The number of aromatic nitrogens is 1. The van der Waals surface area contributed by atoms with E-state index in [9.17, 15) is 19.2 Å². The van der Waals surface area contributed by atoms with E-state index in [1.165, 1.54) is 30.9 Å². The van der Waals surface area contributed by atoms with Crippen molar-refractivity contribution in [1.29, 1.82) is 0 Å². The lowest BCUT2D eigenvalue weighted by molar-refractivity contribution is -0.173. The van der Waals surface area contributed by atoms with Crippen molar-refractivity contribution >= 4 is 57.9 Å². The Kier molecular flexibility index (Phi) is 8.16. The van der Waals surface area contributed by atoms with Crippen molar-refractivity contribution in [3.8, 4) is 0 Å². The lowest BCUT2D eigenvalue weighted by atomic mass is 9.88. The van der Waals surface area contributed by atoms with Crippen molar-refractivity contribution in [1.82, 2.24) is 15.2 Å². The van der Waals surface area contributed by atoms with Crippen LogP contribution in [0.25, 0.3) is 0 Å². The number of β-lactam (4-membered cyclic amide) rings is 1. The summed E-state index contributed by atoms with van der Waals surface area (Å²) in [5.41, 5.74) is 4.54. The maximum atomic E-state index is 12.8. The second kappa shape index (κ2) is 10.9. The number of methoxy groups -OCH3 is 2. The summed E-state index contributed by atoms with van der Waals surface area (Å²) in [7, 11) is 3.82. The predicted molar refractivity (Wildman–Crippen MR) is 119 cm³/mol. The second-order valence-electron chi connectivity index (χ2n) is 7.17. The molecule has 0 aromatic carbocycles. The fourth-order valence-electron chi connectivity index (χ4n) is 3.42. The fourth-order valence-corrected chi connectivity index (χ4v) is 5.48. The van der Waals surface area contributed by atoms with Gasteiger partial charge in [0.05, 0.1) is 13.7 Å². The van der Waals surface area contributed by atoms with Crippen LogP contribution in [0.2, 0.25) is 0 Å². The molecule has 14 nitrogen and oxygen atoms in total. The number of amides is 2. The molecule has 2 aliphatic rings. The van der Waals surface area contributed by atoms with Gasteiger partial charge in [0, 0.05) is 24.8 Å². The summed E-state index contributed by atoms with van der Waals surface area (Å²) in [5, 5.41) is 7.73. The lowest BCUT2D eigenvalue weighted by Gasteiger charge is -2.53. The molecular formula is C18H23N5O9S2. The number of oxime groups is 1. The molecule has 0 aliphatic carbocycles. The van der Waals surface area contributed by atoms with Crippen molar-refractivity contribution in [2.24, 2.45) is 10.6 Å². The van der Waals surface area contributed by atoms with Crippen LogP contribution in [-0.4, -0.2) is 98.0 Å². The second-order valence-corrected chi connectivity index (χ2v) is 9.17. The molecule has 34 heavy (non-hydrogen) atoms. The van der Waals surface area contributed by atoms with Gasteiger partial charge in [0.25, 0.3) is 5.91 Å². The molecule has 3 N–H and O–H groups in total. The first kappa shape index (κ1) is 25.5. The zero-order valence-corrected chi connectivity index (χ0v) is 20.1. The zero-order chi connectivity index (χ0) is 24.9. The number of nitrogens with two attached hydrogens (primary N) is 1. The Morgan fingerprint density at radius 2 is 2.09 bits per heavy atom. The molecule has 3 atom stereocenters. The van der Waals surface area contributed by atoms with Crippen LogP contribution in [0.4, 0.5) is 9.93 Å². The summed E-state index contributed by atoms with van der Waals surface area (Å²) in [6.45, 7) is -0.663. The molecule has 2 aliphatic heterocycles. The number of fused-ring (bicyclic) bond motifs is 1. The molecule has 0 radical (unpaired) electrons. The minimum Gasteiger partial charge on any atom is -0.438 e. The predicted octanol–water partition coefficient (Wildman–Crippen LogP) is -0.608. The number of carbonyl (C=O) groups excluding carboxylic acids is 4. The van der Waals surface area contributed by atoms with E-state index in [2.05, 4.69) is 24.9 Å². The van der Waals surface area contributed by atoms with Crippen LogP contribution in [0, 0.1) is 5.41 Å². The maximum Gasteiger partial charge on any atom is 0.510 e. The number of thiazole rings is 1. The van der Waals surface area contributed by atoms with Gasteiger partial charge in [-0.2, -0.15) is 0 Å². The number of anilines is 1. The third-order valence-electron chi connectivity index (χ3n) is 4.98. The summed E-state index contributed by atoms with van der Waals surface area (Å²) in [6.07, 6.45) is -1.00. The molecule has 3 rings (SSSR count). The maximum absolute atomic E-state index is 12.8. The Morgan fingerprint density at radius 1 is 1.32 bits per heavy atom. The highest BCUT2D eigenvalue weighted by Gasteiger charge is 2.58. The standard InChI is InChI=1S/C18H23N5O9S2/c1-28-6-18(15(26)31-8-32-17(27)29-2)5-23-13(25)11(14(23)34-7-18)21-12(24)10(22-30-3)9-4-33-16(19)20-9/h4,11,14H,5-8H2,1-3H3,(H2,19,20)(H,21,24)/t11?,14-,18?/m1/s1. The van der Waals surface area contributed by atoms with E-state index in [0.29, 0.717) is 0 Å². The molecule has 16 heteroatoms. The summed E-state index contributed by atoms with van der Waals surface area (Å²) < 4.78 is 19.1. The van der Waals surface area contributed by atoms with Gasteiger partial charge in [-0.25, -0.2) is 9.78 Å². The van der Waals surface area contributed by atoms with Gasteiger partial charge in [0.1, 0.15) is 29.6 Å². The van der Waals surface area contributed by atoms with E-state index in [1.54, 1.807) is 5.38 Å². The van der Waals surface area contributed by atoms with E-state index < -0.39 is 41.7 Å². The van der Waals surface area contributed by atoms with Gasteiger partial charge >= 0.3 is 12.1 Å². The Balaban J connectivity index is 1.65. The van der Waals surface area contributed by atoms with Crippen LogP contribution in [-0.2, 0) is 38.2 Å². The minimum atomic E-state index is -1.18. The molecule has 2 unspecified atom stereocenters. The molecule has 2 fully saturated rings. The third kappa shape index (κ3) is 5.18. The number of ether oxygens (including phenoxy) is 4. The van der Waals surface area contributed by atoms with Crippen molar-refractivity contribution in [2.45, 2.75) is 11.4 Å². The minimum absolute atomic E-state index is 0.00239. The summed E-state index contributed by atoms with van der Waals surface area (Å²) >= 11 is 2.41. The number of hydrogen-bond acceptors (Lipinski definition) is 14. The average molecular weight is 518 g/mol. The van der Waals surface area contributed by atoms with E-state index in [1.807, 2.05) is 0 Å². The van der Waals surface area contributed by atoms with E-state index in [4.69, 9.17) is 20.0 Å². The van der Waals surface area contributed by atoms with Crippen molar-refractivity contribution in [3.05, 3.63) is 11.1 Å². The van der Waals surface area contributed by atoms with E-state index >= 15 is 0 Å². The number of rotatable bonds is 9. The van der Waals surface area contributed by atoms with Gasteiger partial charge in [-0.05, 0) is 0 Å². The molecule has 186 valence electrons. The molecule has 0 bridgehead atoms. The number of carbonyl (C=O) groups is 4. The van der Waals surface area contributed by atoms with Crippen LogP contribution in [0.15, 0.2) is 10.5 Å². The lowest BCUT2D eigenvalue weighted by Crippen LogP contribution is -2.74. The number of esters is 1. The Hall–Kier alpha value is -3.11. The molecule has 0 spiro atoms. The normalized spacial score (nSPS) is 23.9. The van der Waals surface area contributed by atoms with Crippen molar-refractivity contribution in [2.75, 3.05) is 52.8 Å². The largest absolute Gasteiger partial charge is 0.510 e. The van der Waals surface area contributed by atoms with Crippen molar-refractivity contribution in [3.63, 3.8) is 0 Å². The first-order valence-electron chi connectivity index (χ1n) is 9.68. The summed E-state index contributed by atoms with van der Waals surface area (Å²) in [4.78, 5) is 59.6. The molecular weight excluding hydrogens is 494 g/mol. The Bertz CT molecular complexity index is 987. The molecule has 2 amide bonds. The van der Waals surface area contributed by atoms with Gasteiger partial charge in [0.15, 0.2) is 10.8 Å². The highest BCUT2D eigenvalue weighted by Crippen LogP contribution is 2.42. The van der Waals surface area contributed by atoms with Gasteiger partial charge in [-0.15, -0.1) is 23.1 Å². The first-order valence-corrected chi connectivity index (χ1v) is 11.6. The topological polar surface area (TPSA) is 181 Å². The highest BCUT2D eigenvalue weighted by atomic mass is 32.2. The molecule has 0 saturated carbocycles. The van der Waals surface area contributed by atoms with Gasteiger partial charge in [0.2, 0.25) is 12.7 Å². The number of thioether (sulfide) groups is 1. The first-order chi connectivity index (χ1) is 16.3. The third-order valence-corrected chi connectivity index (χ3v) is 7.24. The summed E-state index contributed by atoms with van der Waals surface area (Å²) in [6, 6.07) is -0.838. The SMILES string of the molecule is COCC1(C(=O)OCOC(=O)OC)CS[C@@H]2C(NC(=O)C(=NOC)c3csc(N)n3)C(=O)N2C1. The number of nitrogens with one attached hydrogen (secondary N) is 1. The monoisotopic (exact) mass is 517 g/mol. The van der Waals surface area contributed by atoms with Crippen LogP contribution in [0.5, 0.6) is 0 Å². The van der Waals surface area contributed by atoms with Crippen LogP contribution in [0.1, 0.15) is 5.69 Å². The molecule has 1 aromatic rings. The number of hydrogen-bond donors (Lipinski definition) is 2. The Morgan fingerprint density at radius 3 is 2.71 bits per heavy atom. The number of nitrogens with zero attached hydrogens (tertiary/aromatic N) is 3. The van der Waals surface area contributed by atoms with E-state index in [0.717, 1.165) is 18.4 Å². The zero-order valence-electron chi connectivity index (χ0n) is 18.5. The summed E-state index contributed by atoms with van der Waals surface area (Å²) in [5.74, 6) is -1.50. The number of nitrogen functional groups attached to an aromatic ring is 1. The van der Waals surface area contributed by atoms with Crippen LogP contribution in [0.3, 0.4) is 0 Å². The molecule has 1 aromatic heterocycles. The van der Waals surface area contributed by atoms with Gasteiger partial charge in [-0.1, -0.05) is 5.16 Å². The van der Waals surface area contributed by atoms with Crippen LogP contribution >= 0.6 is 23.1 Å². The smallest absolute Gasteiger partial charge is 0.438 e. The van der Waals surface area contributed by atoms with Crippen molar-refractivity contribution < 1.29 is 43.0 Å². The average Bonchev–Trinajstić information content (AvgIpc) is 3.26.